The number of halogens is 2. The van der Waals surface area contributed by atoms with Crippen LogP contribution in [0.5, 0.6) is 0 Å². The summed E-state index contributed by atoms with van der Waals surface area (Å²) in [6.07, 6.45) is 8.39. The second kappa shape index (κ2) is 10.4. The number of aliphatic hydroxyl groups is 1. The highest BCUT2D eigenvalue weighted by molar-refractivity contribution is 7.92. The molecule has 3 aromatic rings. The van der Waals surface area contributed by atoms with Crippen LogP contribution in [-0.2, 0) is 10.0 Å². The molecule has 2 saturated heterocycles. The van der Waals surface area contributed by atoms with Gasteiger partial charge < -0.3 is 20.2 Å². The number of fused-ring (bicyclic) bond motifs is 1. The Kier molecular flexibility index (Phi) is 6.96. The van der Waals surface area contributed by atoms with Gasteiger partial charge in [0.15, 0.2) is 0 Å². The summed E-state index contributed by atoms with van der Waals surface area (Å²) in [5.41, 5.74) is 1.66. The SMILES string of the molecule is O=C(Nc1cc2nccn2c(N2CCC(F)(F)CC2)n1)c1cnc(NS(=O)(=O)CCO)cc1N1CCC2(CC1)CC2. The molecule has 0 unspecified atom stereocenters. The van der Waals surface area contributed by atoms with Gasteiger partial charge in [0.05, 0.1) is 23.6 Å². The van der Waals surface area contributed by atoms with Crippen molar-refractivity contribution in [2.75, 3.05) is 58.4 Å². The van der Waals surface area contributed by atoms with Crippen LogP contribution in [0.4, 0.5) is 32.1 Å². The number of sulfonamides is 1. The number of hydrogen-bond donors (Lipinski definition) is 3. The second-order valence-corrected chi connectivity index (χ2v) is 13.0. The van der Waals surface area contributed by atoms with Gasteiger partial charge in [0, 0.05) is 69.7 Å². The fraction of sp³-hybridized carbons (Fsp3) is 0.538. The Morgan fingerprint density at radius 2 is 1.68 bits per heavy atom. The maximum atomic E-state index is 13.8. The number of pyridine rings is 1. The van der Waals surface area contributed by atoms with Crippen LogP contribution < -0.4 is 19.8 Å². The van der Waals surface area contributed by atoms with Crippen LogP contribution in [0, 0.1) is 5.41 Å². The van der Waals surface area contributed by atoms with Crippen LogP contribution in [0.3, 0.4) is 0 Å². The molecular formula is C26H32F2N8O4S. The maximum Gasteiger partial charge on any atom is 0.260 e. The van der Waals surface area contributed by atoms with Crippen molar-refractivity contribution in [1.29, 1.82) is 0 Å². The number of anilines is 4. The van der Waals surface area contributed by atoms with Gasteiger partial charge in [0.25, 0.3) is 11.8 Å². The smallest absolute Gasteiger partial charge is 0.260 e. The lowest BCUT2D eigenvalue weighted by Gasteiger charge is -2.35. The average molecular weight is 591 g/mol. The van der Waals surface area contributed by atoms with Crippen LogP contribution in [0.2, 0.25) is 0 Å². The van der Waals surface area contributed by atoms with Gasteiger partial charge >= 0.3 is 0 Å². The molecule has 1 amide bonds. The van der Waals surface area contributed by atoms with Crippen LogP contribution >= 0.6 is 0 Å². The molecular weight excluding hydrogens is 558 g/mol. The minimum absolute atomic E-state index is 0.0535. The number of alkyl halides is 2. The lowest BCUT2D eigenvalue weighted by molar-refractivity contribution is -0.0222. The second-order valence-electron chi connectivity index (χ2n) is 11.1. The van der Waals surface area contributed by atoms with Gasteiger partial charge in [-0.05, 0) is 31.1 Å². The number of imidazole rings is 1. The van der Waals surface area contributed by atoms with E-state index in [0.29, 0.717) is 22.7 Å². The van der Waals surface area contributed by atoms with Crippen molar-refractivity contribution in [1.82, 2.24) is 19.4 Å². The lowest BCUT2D eigenvalue weighted by atomic mass is 9.93. The third kappa shape index (κ3) is 5.91. The summed E-state index contributed by atoms with van der Waals surface area (Å²) < 4.78 is 56.2. The van der Waals surface area contributed by atoms with E-state index in [9.17, 15) is 22.0 Å². The van der Waals surface area contributed by atoms with E-state index in [1.54, 1.807) is 33.8 Å². The van der Waals surface area contributed by atoms with Crippen LogP contribution in [0.15, 0.2) is 30.7 Å². The van der Waals surface area contributed by atoms with E-state index in [1.807, 2.05) is 0 Å². The van der Waals surface area contributed by atoms with E-state index in [1.165, 1.54) is 19.0 Å². The monoisotopic (exact) mass is 590 g/mol. The van der Waals surface area contributed by atoms with Crippen molar-refractivity contribution in [3.05, 3.63) is 36.3 Å². The average Bonchev–Trinajstić information content (AvgIpc) is 3.50. The van der Waals surface area contributed by atoms with Gasteiger partial charge in [0.2, 0.25) is 16.0 Å². The summed E-state index contributed by atoms with van der Waals surface area (Å²) in [5, 5.41) is 11.9. The molecule has 0 atom stereocenters. The highest BCUT2D eigenvalue weighted by atomic mass is 32.2. The fourth-order valence-corrected chi connectivity index (χ4v) is 6.35. The number of amides is 1. The van der Waals surface area contributed by atoms with Gasteiger partial charge in [0.1, 0.15) is 17.3 Å². The standard InChI is InChI=1S/C26H32F2N8O4S/c27-26(28)5-10-35(11-6-26)24-32-21(16-22-29-7-12-36(22)24)31-23(38)18-17-30-20(33-41(39,40)14-13-37)15-19(18)34-8-3-25(1-2-25)4-9-34/h7,12,15-17,37H,1-6,8-11,13-14H2,(H,30,33)(H,31,38). The number of nitrogens with zero attached hydrogens (tertiary/aromatic N) is 6. The number of aliphatic hydroxyl groups excluding tert-OH is 1. The predicted molar refractivity (Wildman–Crippen MR) is 149 cm³/mol. The molecule has 1 spiro atoms. The molecule has 41 heavy (non-hydrogen) atoms. The van der Waals surface area contributed by atoms with Gasteiger partial charge in [-0.2, -0.15) is 4.98 Å². The first-order valence-corrected chi connectivity index (χ1v) is 15.4. The molecule has 12 nitrogen and oxygen atoms in total. The Bertz CT molecular complexity index is 1560. The van der Waals surface area contributed by atoms with Crippen LogP contribution in [0.1, 0.15) is 48.9 Å². The summed E-state index contributed by atoms with van der Waals surface area (Å²) in [4.78, 5) is 30.5. The number of carbonyl (C=O) groups is 1. The molecule has 5 heterocycles. The predicted octanol–water partition coefficient (Wildman–Crippen LogP) is 2.73. The van der Waals surface area contributed by atoms with Gasteiger partial charge in [-0.15, -0.1) is 0 Å². The molecule has 6 rings (SSSR count). The van der Waals surface area contributed by atoms with Crippen molar-refractivity contribution < 1.29 is 27.1 Å². The molecule has 3 N–H and O–H groups in total. The molecule has 3 fully saturated rings. The highest BCUT2D eigenvalue weighted by Crippen LogP contribution is 2.54. The summed E-state index contributed by atoms with van der Waals surface area (Å²) in [7, 11) is -3.81. The molecule has 220 valence electrons. The summed E-state index contributed by atoms with van der Waals surface area (Å²) in [6, 6.07) is 3.14. The van der Waals surface area contributed by atoms with E-state index >= 15 is 0 Å². The van der Waals surface area contributed by atoms with Crippen LogP contribution in [-0.4, -0.2) is 83.2 Å². The topological polar surface area (TPSA) is 145 Å². The molecule has 3 aliphatic rings. The maximum absolute atomic E-state index is 13.8. The number of aromatic nitrogens is 4. The first-order chi connectivity index (χ1) is 19.6. The molecule has 15 heteroatoms. The van der Waals surface area contributed by atoms with E-state index < -0.39 is 34.2 Å². The number of rotatable bonds is 8. The van der Waals surface area contributed by atoms with Gasteiger partial charge in [-0.1, -0.05) is 0 Å². The Hall–Kier alpha value is -3.59. The zero-order valence-corrected chi connectivity index (χ0v) is 23.2. The summed E-state index contributed by atoms with van der Waals surface area (Å²) in [5.74, 6) is -3.02. The normalized spacial score (nSPS) is 19.9. The van der Waals surface area contributed by atoms with E-state index in [2.05, 4.69) is 29.9 Å². The summed E-state index contributed by atoms with van der Waals surface area (Å²) >= 11 is 0. The quantitative estimate of drug-likeness (QED) is 0.361. The third-order valence-electron chi connectivity index (χ3n) is 8.26. The van der Waals surface area contributed by atoms with Crippen molar-refractivity contribution in [2.45, 2.75) is 44.4 Å². The third-order valence-corrected chi connectivity index (χ3v) is 9.50. The highest BCUT2D eigenvalue weighted by Gasteiger charge is 2.44. The fourth-order valence-electron chi connectivity index (χ4n) is 5.58. The zero-order chi connectivity index (χ0) is 28.8. The number of nitrogens with one attached hydrogen (secondary N) is 2. The molecule has 1 aliphatic carbocycles. The molecule has 0 radical (unpaired) electrons. The first kappa shape index (κ1) is 27.6. The molecule has 3 aromatic heterocycles. The van der Waals surface area contributed by atoms with E-state index in [0.717, 1.165) is 25.9 Å². The van der Waals surface area contributed by atoms with E-state index in [4.69, 9.17) is 5.11 Å². The van der Waals surface area contributed by atoms with Crippen molar-refractivity contribution in [3.63, 3.8) is 0 Å². The summed E-state index contributed by atoms with van der Waals surface area (Å²) in [6.45, 7) is 1.13. The molecule has 2 aliphatic heterocycles. The van der Waals surface area contributed by atoms with Crippen LogP contribution in [0.25, 0.3) is 5.65 Å². The largest absolute Gasteiger partial charge is 0.395 e. The molecule has 0 bridgehead atoms. The first-order valence-electron chi connectivity index (χ1n) is 13.7. The minimum atomic E-state index is -3.81. The van der Waals surface area contributed by atoms with Crippen molar-refractivity contribution >= 4 is 44.8 Å². The van der Waals surface area contributed by atoms with Gasteiger partial charge in [-0.3, -0.25) is 13.9 Å². The van der Waals surface area contributed by atoms with Gasteiger partial charge in [-0.25, -0.2) is 27.2 Å². The van der Waals surface area contributed by atoms with E-state index in [-0.39, 0.29) is 43.1 Å². The Morgan fingerprint density at radius 1 is 0.976 bits per heavy atom. The van der Waals surface area contributed by atoms with Crippen molar-refractivity contribution in [2.24, 2.45) is 5.41 Å². The number of carbonyl (C=O) groups excluding carboxylic acids is 1. The minimum Gasteiger partial charge on any atom is -0.395 e. The number of hydrogen-bond acceptors (Lipinski definition) is 9. The number of piperidine rings is 2. The Balaban J connectivity index is 1.29. The van der Waals surface area contributed by atoms with Crippen molar-refractivity contribution in [3.8, 4) is 0 Å². The Morgan fingerprint density at radius 3 is 2.37 bits per heavy atom. The Labute approximate surface area is 235 Å². The zero-order valence-electron chi connectivity index (χ0n) is 22.4. The lowest BCUT2D eigenvalue weighted by Crippen LogP contribution is -2.40. The molecule has 0 aromatic carbocycles. The molecule has 1 saturated carbocycles.